The second-order valence-corrected chi connectivity index (χ2v) is 4.67. The van der Waals surface area contributed by atoms with Crippen molar-refractivity contribution in [2.75, 3.05) is 13.2 Å². The Morgan fingerprint density at radius 2 is 2.11 bits per heavy atom. The molecule has 1 fully saturated rings. The van der Waals surface area contributed by atoms with Gasteiger partial charge in [-0.15, -0.1) is 12.4 Å². The van der Waals surface area contributed by atoms with E-state index in [0.717, 1.165) is 19.3 Å². The molecule has 3 atom stereocenters. The maximum atomic E-state index is 11.8. The number of hydrogen-bond acceptors (Lipinski definition) is 4. The van der Waals surface area contributed by atoms with E-state index in [9.17, 15) is 9.59 Å². The molecule has 0 saturated heterocycles. The Balaban J connectivity index is 0.00000289. The van der Waals surface area contributed by atoms with Crippen LogP contribution < -0.4 is 11.1 Å². The van der Waals surface area contributed by atoms with Gasteiger partial charge in [0.1, 0.15) is 0 Å². The van der Waals surface area contributed by atoms with Crippen molar-refractivity contribution in [3.63, 3.8) is 0 Å². The Kier molecular flexibility index (Phi) is 7.95. The molecule has 0 aromatic carbocycles. The molecule has 1 aliphatic carbocycles. The summed E-state index contributed by atoms with van der Waals surface area (Å²) in [6, 6.07) is 0.147. The van der Waals surface area contributed by atoms with E-state index in [4.69, 9.17) is 10.5 Å². The third-order valence-corrected chi connectivity index (χ3v) is 3.12. The molecule has 106 valence electrons. The Morgan fingerprint density at radius 1 is 1.44 bits per heavy atom. The zero-order chi connectivity index (χ0) is 12.8. The second kappa shape index (κ2) is 8.32. The summed E-state index contributed by atoms with van der Waals surface area (Å²) in [5, 5.41) is 2.79. The molecule has 3 N–H and O–H groups in total. The lowest BCUT2D eigenvalue weighted by Gasteiger charge is -2.14. The highest BCUT2D eigenvalue weighted by Gasteiger charge is 2.28. The molecule has 1 saturated carbocycles. The van der Waals surface area contributed by atoms with Gasteiger partial charge in [0.05, 0.1) is 12.5 Å². The number of nitrogens with one attached hydrogen (secondary N) is 1. The van der Waals surface area contributed by atoms with Gasteiger partial charge in [-0.3, -0.25) is 9.59 Å². The molecule has 0 aromatic rings. The first-order valence-corrected chi connectivity index (χ1v) is 6.24. The Hall–Kier alpha value is -0.810. The quantitative estimate of drug-likeness (QED) is 0.731. The van der Waals surface area contributed by atoms with Crippen LogP contribution in [-0.4, -0.2) is 31.1 Å². The highest BCUT2D eigenvalue weighted by atomic mass is 35.5. The third kappa shape index (κ3) is 5.23. The van der Waals surface area contributed by atoms with E-state index < -0.39 is 0 Å². The van der Waals surface area contributed by atoms with Gasteiger partial charge in [-0.2, -0.15) is 0 Å². The molecule has 0 heterocycles. The fourth-order valence-corrected chi connectivity index (χ4v) is 2.02. The van der Waals surface area contributed by atoms with Crippen LogP contribution >= 0.6 is 12.4 Å². The summed E-state index contributed by atoms with van der Waals surface area (Å²) in [6.07, 6.45) is 2.51. The molecule has 1 aliphatic rings. The number of nitrogens with two attached hydrogens (primary N) is 1. The van der Waals surface area contributed by atoms with Crippen LogP contribution in [-0.2, 0) is 14.3 Å². The van der Waals surface area contributed by atoms with Crippen LogP contribution in [0.25, 0.3) is 0 Å². The number of rotatable bonds is 5. The lowest BCUT2D eigenvalue weighted by molar-refractivity contribution is -0.147. The average molecular weight is 279 g/mol. The molecule has 0 spiro atoms. The van der Waals surface area contributed by atoms with E-state index in [-0.39, 0.29) is 42.2 Å². The van der Waals surface area contributed by atoms with Crippen molar-refractivity contribution in [2.45, 2.75) is 39.2 Å². The van der Waals surface area contributed by atoms with Crippen LogP contribution in [0.4, 0.5) is 0 Å². The number of ether oxygens (including phenoxy) is 1. The average Bonchev–Trinajstić information content (AvgIpc) is 2.72. The zero-order valence-electron chi connectivity index (χ0n) is 11.0. The molecule has 1 amide bonds. The Labute approximate surface area is 114 Å². The zero-order valence-corrected chi connectivity index (χ0v) is 11.8. The van der Waals surface area contributed by atoms with Crippen LogP contribution in [0.5, 0.6) is 0 Å². The lowest BCUT2D eigenvalue weighted by atomic mass is 10.1. The van der Waals surface area contributed by atoms with Crippen molar-refractivity contribution in [3.05, 3.63) is 0 Å². The topological polar surface area (TPSA) is 81.4 Å². The first-order valence-electron chi connectivity index (χ1n) is 6.24. The maximum absolute atomic E-state index is 11.8. The molecule has 0 aromatic heterocycles. The van der Waals surface area contributed by atoms with Gasteiger partial charge >= 0.3 is 5.97 Å². The largest absolute Gasteiger partial charge is 0.466 e. The van der Waals surface area contributed by atoms with Crippen molar-refractivity contribution >= 4 is 24.3 Å². The molecule has 3 unspecified atom stereocenters. The van der Waals surface area contributed by atoms with E-state index in [0.29, 0.717) is 13.2 Å². The molecule has 0 radical (unpaired) electrons. The molecule has 6 heteroatoms. The van der Waals surface area contributed by atoms with Crippen LogP contribution in [0.2, 0.25) is 0 Å². The summed E-state index contributed by atoms with van der Waals surface area (Å²) in [5.74, 6) is -0.543. The normalized spacial score (nSPS) is 23.9. The van der Waals surface area contributed by atoms with E-state index >= 15 is 0 Å². The fourth-order valence-electron chi connectivity index (χ4n) is 2.02. The van der Waals surface area contributed by atoms with Gasteiger partial charge < -0.3 is 15.8 Å². The predicted octanol–water partition coefficient (Wildman–Crippen LogP) is 0.851. The second-order valence-electron chi connectivity index (χ2n) is 4.67. The minimum Gasteiger partial charge on any atom is -0.466 e. The summed E-state index contributed by atoms with van der Waals surface area (Å²) in [5.41, 5.74) is 5.75. The SMILES string of the molecule is CCOC(=O)C(C)CNC(=O)C1CCC(N)C1.Cl. The van der Waals surface area contributed by atoms with Crippen molar-refractivity contribution in [1.82, 2.24) is 5.32 Å². The maximum Gasteiger partial charge on any atom is 0.310 e. The van der Waals surface area contributed by atoms with Crippen LogP contribution in [0, 0.1) is 11.8 Å². The van der Waals surface area contributed by atoms with Crippen LogP contribution in [0.15, 0.2) is 0 Å². The summed E-state index contributed by atoms with van der Waals surface area (Å²) < 4.78 is 4.87. The molecule has 1 rings (SSSR count). The molecular weight excluding hydrogens is 256 g/mol. The van der Waals surface area contributed by atoms with Crippen LogP contribution in [0.3, 0.4) is 0 Å². The molecule has 0 bridgehead atoms. The monoisotopic (exact) mass is 278 g/mol. The number of esters is 1. The van der Waals surface area contributed by atoms with E-state index in [1.807, 2.05) is 0 Å². The number of carbonyl (C=O) groups is 2. The van der Waals surface area contributed by atoms with E-state index in [2.05, 4.69) is 5.32 Å². The van der Waals surface area contributed by atoms with Gasteiger partial charge in [-0.05, 0) is 26.2 Å². The highest BCUT2D eigenvalue weighted by Crippen LogP contribution is 2.23. The number of amides is 1. The van der Waals surface area contributed by atoms with Gasteiger partial charge in [0.15, 0.2) is 0 Å². The van der Waals surface area contributed by atoms with Gasteiger partial charge in [0.2, 0.25) is 5.91 Å². The van der Waals surface area contributed by atoms with E-state index in [1.165, 1.54) is 0 Å². The van der Waals surface area contributed by atoms with Gasteiger partial charge in [-0.25, -0.2) is 0 Å². The first kappa shape index (κ1) is 17.2. The minimum absolute atomic E-state index is 0. The van der Waals surface area contributed by atoms with E-state index in [1.54, 1.807) is 13.8 Å². The highest BCUT2D eigenvalue weighted by molar-refractivity contribution is 5.85. The smallest absolute Gasteiger partial charge is 0.310 e. The molecule has 5 nitrogen and oxygen atoms in total. The predicted molar refractivity (Wildman–Crippen MR) is 71.4 cm³/mol. The van der Waals surface area contributed by atoms with Gasteiger partial charge in [0, 0.05) is 18.5 Å². The summed E-state index contributed by atoms with van der Waals surface area (Å²) >= 11 is 0. The number of carbonyl (C=O) groups excluding carboxylic acids is 2. The van der Waals surface area contributed by atoms with Crippen LogP contribution in [0.1, 0.15) is 33.1 Å². The van der Waals surface area contributed by atoms with Crippen molar-refractivity contribution in [3.8, 4) is 0 Å². The van der Waals surface area contributed by atoms with Crippen molar-refractivity contribution in [2.24, 2.45) is 17.6 Å². The fraction of sp³-hybridized carbons (Fsp3) is 0.833. The first-order chi connectivity index (χ1) is 8.04. The summed E-state index contributed by atoms with van der Waals surface area (Å²) in [6.45, 7) is 4.22. The summed E-state index contributed by atoms with van der Waals surface area (Å²) in [4.78, 5) is 23.1. The van der Waals surface area contributed by atoms with Crippen molar-refractivity contribution < 1.29 is 14.3 Å². The van der Waals surface area contributed by atoms with Gasteiger partial charge in [-0.1, -0.05) is 6.92 Å². The molecular formula is C12H23ClN2O3. The molecule has 18 heavy (non-hydrogen) atoms. The number of halogens is 1. The minimum atomic E-state index is -0.297. The third-order valence-electron chi connectivity index (χ3n) is 3.12. The lowest BCUT2D eigenvalue weighted by Crippen LogP contribution is -2.36. The Morgan fingerprint density at radius 3 is 2.61 bits per heavy atom. The summed E-state index contributed by atoms with van der Waals surface area (Å²) in [7, 11) is 0. The van der Waals surface area contributed by atoms with Crippen molar-refractivity contribution in [1.29, 1.82) is 0 Å². The molecule has 0 aliphatic heterocycles. The van der Waals surface area contributed by atoms with Gasteiger partial charge in [0.25, 0.3) is 0 Å². The Bertz CT molecular complexity index is 286. The standard InChI is InChI=1S/C12H22N2O3.ClH/c1-3-17-12(16)8(2)7-14-11(15)9-4-5-10(13)6-9;/h8-10H,3-7,13H2,1-2H3,(H,14,15);1H. The number of hydrogen-bond donors (Lipinski definition) is 2.